The summed E-state index contributed by atoms with van der Waals surface area (Å²) in [6.07, 6.45) is 6.57. The number of ether oxygens (including phenoxy) is 2. The molecule has 2 N–H and O–H groups in total. The summed E-state index contributed by atoms with van der Waals surface area (Å²) in [6.45, 7) is 3.25. The quantitative estimate of drug-likeness (QED) is 0.223. The number of fused-ring (bicyclic) bond motifs is 8. The van der Waals surface area contributed by atoms with E-state index in [1.165, 1.54) is 19.1 Å². The normalized spacial score (nSPS) is 12.2. The number of hydrogen-bond acceptors (Lipinski definition) is 9. The molecular formula is C30H28N6O6. The van der Waals surface area contributed by atoms with Crippen molar-refractivity contribution in [1.82, 2.24) is 24.8 Å². The summed E-state index contributed by atoms with van der Waals surface area (Å²) in [5.41, 5.74) is 2.40. The molecule has 1 amide bonds. The highest BCUT2D eigenvalue weighted by atomic mass is 16.5. The SMILES string of the molecule is COC(=O)c1c2nc(c(C(C)(C)N=O)c3nc(c(C(=O)OC)c4ccc([nH]4)c(C(=O)N(C)C)c4ccc1[nH]4)C=C3)C=C2. The molecule has 12 heteroatoms. The van der Waals surface area contributed by atoms with Gasteiger partial charge in [-0.05, 0) is 62.4 Å². The van der Waals surface area contributed by atoms with Gasteiger partial charge in [-0.15, -0.1) is 4.91 Å². The van der Waals surface area contributed by atoms with Gasteiger partial charge in [0.25, 0.3) is 5.91 Å². The number of aromatic amines is 2. The first kappa shape index (κ1) is 28.1. The van der Waals surface area contributed by atoms with Crippen molar-refractivity contribution in [3.63, 3.8) is 0 Å². The summed E-state index contributed by atoms with van der Waals surface area (Å²) in [5.74, 6) is -1.64. The van der Waals surface area contributed by atoms with E-state index < -0.39 is 17.5 Å². The molecule has 0 spiro atoms. The molecule has 214 valence electrons. The number of aromatic nitrogens is 4. The lowest BCUT2D eigenvalue weighted by Gasteiger charge is -2.17. The zero-order valence-corrected chi connectivity index (χ0v) is 23.9. The van der Waals surface area contributed by atoms with E-state index in [1.807, 2.05) is 0 Å². The average molecular weight is 569 g/mol. The number of rotatable bonds is 5. The van der Waals surface area contributed by atoms with Gasteiger partial charge in [0.2, 0.25) is 0 Å². The molecule has 2 aliphatic rings. The average Bonchev–Trinajstić information content (AvgIpc) is 3.78. The van der Waals surface area contributed by atoms with Crippen molar-refractivity contribution < 1.29 is 23.9 Å². The Bertz CT molecular complexity index is 1780. The van der Waals surface area contributed by atoms with E-state index in [4.69, 9.17) is 19.4 Å². The fourth-order valence-corrected chi connectivity index (χ4v) is 4.97. The molecule has 3 aromatic heterocycles. The Hall–Kier alpha value is -5.39. The maximum absolute atomic E-state index is 13.4. The Morgan fingerprint density at radius 3 is 1.45 bits per heavy atom. The number of methoxy groups -OCH3 is 2. The molecule has 0 aromatic carbocycles. The predicted octanol–water partition coefficient (Wildman–Crippen LogP) is 4.93. The largest absolute Gasteiger partial charge is 0.465 e. The highest BCUT2D eigenvalue weighted by molar-refractivity contribution is 6.09. The van der Waals surface area contributed by atoms with Gasteiger partial charge in [0.1, 0.15) is 16.7 Å². The molecular weight excluding hydrogens is 540 g/mol. The number of nitrogens with one attached hydrogen (secondary N) is 2. The maximum Gasteiger partial charge on any atom is 0.342 e. The van der Waals surface area contributed by atoms with Crippen LogP contribution in [0.3, 0.4) is 0 Å². The number of carbonyl (C=O) groups excluding carboxylic acids is 3. The lowest BCUT2D eigenvalue weighted by Crippen LogP contribution is -2.22. The minimum absolute atomic E-state index is 0.125. The number of nitroso groups, excluding NO2 is 1. The molecule has 2 aliphatic heterocycles. The van der Waals surface area contributed by atoms with Crippen molar-refractivity contribution in [3.8, 4) is 0 Å². The van der Waals surface area contributed by atoms with Crippen LogP contribution < -0.4 is 0 Å². The van der Waals surface area contributed by atoms with Crippen molar-refractivity contribution in [2.45, 2.75) is 19.4 Å². The van der Waals surface area contributed by atoms with Gasteiger partial charge in [-0.3, -0.25) is 4.79 Å². The van der Waals surface area contributed by atoms with Crippen molar-refractivity contribution in [1.29, 1.82) is 0 Å². The second kappa shape index (κ2) is 10.5. The van der Waals surface area contributed by atoms with Crippen molar-refractivity contribution >= 4 is 64.2 Å². The predicted molar refractivity (Wildman–Crippen MR) is 158 cm³/mol. The van der Waals surface area contributed by atoms with Crippen LogP contribution in [-0.2, 0) is 15.0 Å². The first-order valence-electron chi connectivity index (χ1n) is 12.9. The summed E-state index contributed by atoms with van der Waals surface area (Å²) in [5, 5.41) is 3.33. The third-order valence-electron chi connectivity index (χ3n) is 6.99. The monoisotopic (exact) mass is 568 g/mol. The van der Waals surface area contributed by atoms with E-state index in [0.717, 1.165) is 0 Å². The lowest BCUT2D eigenvalue weighted by atomic mass is 9.92. The van der Waals surface area contributed by atoms with Crippen LogP contribution in [-0.4, -0.2) is 71.0 Å². The topological polar surface area (TPSA) is 160 Å². The number of amides is 1. The molecule has 42 heavy (non-hydrogen) atoms. The summed E-state index contributed by atoms with van der Waals surface area (Å²) in [6, 6.07) is 6.64. The highest BCUT2D eigenvalue weighted by Gasteiger charge is 2.31. The van der Waals surface area contributed by atoms with Crippen LogP contribution in [0.15, 0.2) is 29.4 Å². The minimum Gasteiger partial charge on any atom is -0.465 e. The Balaban J connectivity index is 2.07. The van der Waals surface area contributed by atoms with Crippen molar-refractivity contribution in [3.05, 3.63) is 74.2 Å². The van der Waals surface area contributed by atoms with E-state index in [1.54, 1.807) is 76.5 Å². The number of carbonyl (C=O) groups is 3. The highest BCUT2D eigenvalue weighted by Crippen LogP contribution is 2.35. The second-order valence-electron chi connectivity index (χ2n) is 10.3. The number of nitrogens with zero attached hydrogens (tertiary/aromatic N) is 4. The van der Waals surface area contributed by atoms with E-state index >= 15 is 0 Å². The molecule has 0 saturated carbocycles. The zero-order valence-electron chi connectivity index (χ0n) is 23.9. The summed E-state index contributed by atoms with van der Waals surface area (Å²) in [4.78, 5) is 68.8. The first-order valence-corrected chi connectivity index (χ1v) is 12.9. The van der Waals surface area contributed by atoms with E-state index in [9.17, 15) is 19.3 Å². The third-order valence-corrected chi connectivity index (χ3v) is 6.99. The molecule has 8 bridgehead atoms. The first-order chi connectivity index (χ1) is 20.0. The van der Waals surface area contributed by atoms with Gasteiger partial charge >= 0.3 is 11.9 Å². The molecule has 3 aromatic rings. The van der Waals surface area contributed by atoms with Gasteiger partial charge in [-0.25, -0.2) is 19.6 Å². The van der Waals surface area contributed by atoms with Crippen LogP contribution in [0.1, 0.15) is 73.3 Å². The van der Waals surface area contributed by atoms with E-state index in [0.29, 0.717) is 39.0 Å². The molecule has 0 aliphatic carbocycles. The number of esters is 2. The van der Waals surface area contributed by atoms with Gasteiger partial charge in [0.15, 0.2) is 0 Å². The number of hydrogen-bond donors (Lipinski definition) is 2. The van der Waals surface area contributed by atoms with Crippen LogP contribution in [0.4, 0.5) is 0 Å². The van der Waals surface area contributed by atoms with Crippen LogP contribution >= 0.6 is 0 Å². The van der Waals surface area contributed by atoms with E-state index in [-0.39, 0.29) is 34.0 Å². The van der Waals surface area contributed by atoms with Crippen molar-refractivity contribution in [2.24, 2.45) is 5.18 Å². The zero-order chi connectivity index (χ0) is 30.3. The lowest BCUT2D eigenvalue weighted by molar-refractivity contribution is 0.0593. The maximum atomic E-state index is 13.4. The Labute approximate surface area is 240 Å². The molecule has 0 atom stereocenters. The van der Waals surface area contributed by atoms with Crippen LogP contribution in [0, 0.1) is 4.91 Å². The summed E-state index contributed by atoms with van der Waals surface area (Å²) < 4.78 is 10.2. The smallest absolute Gasteiger partial charge is 0.342 e. The molecule has 0 radical (unpaired) electrons. The standard InChI is InChI=1S/C30H28N6O6/c1-30(2,35-40)26-21-13-11-19(33-21)24(28(38)41-5)17-9-7-15(31-17)23(27(37)36(3)4)16-8-10-18(32-16)25(29(39)42-6)20-12-14-22(26)34-20/h7-14,31-32H,1-6H3. The van der Waals surface area contributed by atoms with Gasteiger partial charge in [-0.1, -0.05) is 5.18 Å². The van der Waals surface area contributed by atoms with Gasteiger partial charge in [-0.2, -0.15) is 0 Å². The van der Waals surface area contributed by atoms with Gasteiger partial charge in [0, 0.05) is 19.7 Å². The van der Waals surface area contributed by atoms with Gasteiger partial charge < -0.3 is 24.3 Å². The third kappa shape index (κ3) is 4.66. The van der Waals surface area contributed by atoms with Crippen LogP contribution in [0.5, 0.6) is 0 Å². The number of H-pyrrole nitrogens is 2. The molecule has 0 unspecified atom stereocenters. The molecule has 5 heterocycles. The summed E-state index contributed by atoms with van der Waals surface area (Å²) >= 11 is 0. The van der Waals surface area contributed by atoms with Gasteiger partial charge in [0.05, 0.1) is 64.6 Å². The fourth-order valence-electron chi connectivity index (χ4n) is 4.97. The Morgan fingerprint density at radius 2 is 1.10 bits per heavy atom. The van der Waals surface area contributed by atoms with E-state index in [2.05, 4.69) is 15.1 Å². The van der Waals surface area contributed by atoms with Crippen molar-refractivity contribution in [2.75, 3.05) is 28.3 Å². The summed E-state index contributed by atoms with van der Waals surface area (Å²) in [7, 11) is 5.76. The Kier molecular flexibility index (Phi) is 7.07. The minimum atomic E-state index is -1.28. The second-order valence-corrected chi connectivity index (χ2v) is 10.3. The molecule has 0 fully saturated rings. The Morgan fingerprint density at radius 1 is 0.714 bits per heavy atom. The molecule has 5 rings (SSSR count). The molecule has 0 saturated heterocycles. The molecule has 12 nitrogen and oxygen atoms in total. The van der Waals surface area contributed by atoms with Crippen LogP contribution in [0.2, 0.25) is 0 Å². The fraction of sp³-hybridized carbons (Fsp3) is 0.233. The van der Waals surface area contributed by atoms with Crippen LogP contribution in [0.25, 0.3) is 46.4 Å².